The van der Waals surface area contributed by atoms with Gasteiger partial charge in [0.25, 0.3) is 0 Å². The second-order valence-corrected chi connectivity index (χ2v) is 4.29. The molecule has 0 amide bonds. The molecule has 0 saturated carbocycles. The Balaban J connectivity index is 2.33. The van der Waals surface area contributed by atoms with Crippen molar-refractivity contribution in [1.29, 1.82) is 0 Å². The van der Waals surface area contributed by atoms with Crippen LogP contribution in [0.2, 0.25) is 10.2 Å². The first-order valence-electron chi connectivity index (χ1n) is 4.92. The second-order valence-electron chi connectivity index (χ2n) is 3.56. The van der Waals surface area contributed by atoms with Crippen molar-refractivity contribution < 1.29 is 0 Å². The van der Waals surface area contributed by atoms with Crippen LogP contribution in [0.4, 0.5) is 11.8 Å². The van der Waals surface area contributed by atoms with Gasteiger partial charge in [-0.25, -0.2) is 0 Å². The van der Waals surface area contributed by atoms with E-state index in [0.29, 0.717) is 10.8 Å². The molecular formula is C9H12Cl2N4. The van der Waals surface area contributed by atoms with E-state index >= 15 is 0 Å². The summed E-state index contributed by atoms with van der Waals surface area (Å²) in [5, 5.41) is 0.623. The molecule has 1 aliphatic rings. The van der Waals surface area contributed by atoms with Crippen molar-refractivity contribution in [3.05, 3.63) is 10.2 Å². The molecule has 1 fully saturated rings. The van der Waals surface area contributed by atoms with E-state index in [2.05, 4.69) is 14.9 Å². The number of aromatic nitrogens is 2. The van der Waals surface area contributed by atoms with Gasteiger partial charge in [0, 0.05) is 13.1 Å². The maximum absolute atomic E-state index is 6.04. The largest absolute Gasteiger partial charge is 0.368 e. The van der Waals surface area contributed by atoms with Gasteiger partial charge in [-0.05, 0) is 19.3 Å². The first-order chi connectivity index (χ1) is 7.18. The molecule has 0 bridgehead atoms. The summed E-state index contributed by atoms with van der Waals surface area (Å²) in [6.07, 6.45) is 3.55. The predicted molar refractivity (Wildman–Crippen MR) is 62.5 cm³/mol. The highest BCUT2D eigenvalue weighted by atomic mass is 35.5. The van der Waals surface area contributed by atoms with E-state index in [1.165, 1.54) is 6.42 Å². The number of rotatable bonds is 1. The molecule has 15 heavy (non-hydrogen) atoms. The Labute approximate surface area is 98.4 Å². The van der Waals surface area contributed by atoms with Crippen molar-refractivity contribution in [3.63, 3.8) is 0 Å². The molecule has 2 rings (SSSR count). The molecule has 0 spiro atoms. The predicted octanol–water partition coefficient (Wildman–Crippen LogP) is 2.36. The fraction of sp³-hybridized carbons (Fsp3) is 0.556. The van der Waals surface area contributed by atoms with Crippen molar-refractivity contribution in [2.45, 2.75) is 19.3 Å². The molecule has 0 radical (unpaired) electrons. The van der Waals surface area contributed by atoms with Crippen molar-refractivity contribution in [1.82, 2.24) is 9.97 Å². The van der Waals surface area contributed by atoms with Gasteiger partial charge >= 0.3 is 0 Å². The van der Waals surface area contributed by atoms with Crippen LogP contribution in [0.25, 0.3) is 0 Å². The van der Waals surface area contributed by atoms with E-state index in [1.807, 2.05) is 0 Å². The van der Waals surface area contributed by atoms with Crippen LogP contribution in [0.5, 0.6) is 0 Å². The van der Waals surface area contributed by atoms with Crippen molar-refractivity contribution in [2.24, 2.45) is 0 Å². The van der Waals surface area contributed by atoms with Crippen LogP contribution in [-0.4, -0.2) is 23.1 Å². The molecule has 1 aromatic heterocycles. The summed E-state index contributed by atoms with van der Waals surface area (Å²) in [7, 11) is 0. The molecule has 2 N–H and O–H groups in total. The Morgan fingerprint density at radius 3 is 2.40 bits per heavy atom. The van der Waals surface area contributed by atoms with Crippen LogP contribution in [0, 0.1) is 0 Å². The van der Waals surface area contributed by atoms with Gasteiger partial charge in [0.1, 0.15) is 5.02 Å². The topological polar surface area (TPSA) is 55.0 Å². The van der Waals surface area contributed by atoms with E-state index in [9.17, 15) is 0 Å². The number of halogens is 2. The van der Waals surface area contributed by atoms with Crippen LogP contribution in [0.15, 0.2) is 0 Å². The number of hydrogen-bond donors (Lipinski definition) is 1. The van der Waals surface area contributed by atoms with Gasteiger partial charge in [-0.3, -0.25) is 0 Å². The van der Waals surface area contributed by atoms with E-state index in [4.69, 9.17) is 28.9 Å². The number of nitrogen functional groups attached to an aromatic ring is 1. The molecular weight excluding hydrogens is 235 g/mol. The fourth-order valence-corrected chi connectivity index (χ4v) is 2.11. The highest BCUT2D eigenvalue weighted by Gasteiger charge is 2.18. The van der Waals surface area contributed by atoms with Crippen LogP contribution < -0.4 is 10.6 Å². The van der Waals surface area contributed by atoms with Crippen molar-refractivity contribution in [3.8, 4) is 0 Å². The fourth-order valence-electron chi connectivity index (χ4n) is 1.74. The summed E-state index contributed by atoms with van der Waals surface area (Å²) in [6, 6.07) is 0. The summed E-state index contributed by atoms with van der Waals surface area (Å²) in [5.41, 5.74) is 5.54. The molecule has 82 valence electrons. The zero-order valence-electron chi connectivity index (χ0n) is 8.21. The third-order valence-electron chi connectivity index (χ3n) is 2.47. The monoisotopic (exact) mass is 246 g/mol. The smallest absolute Gasteiger partial charge is 0.223 e. The molecule has 4 nitrogen and oxygen atoms in total. The quantitative estimate of drug-likeness (QED) is 0.774. The first kappa shape index (κ1) is 10.8. The van der Waals surface area contributed by atoms with Crippen LogP contribution in [-0.2, 0) is 0 Å². The molecule has 1 aromatic rings. The highest BCUT2D eigenvalue weighted by Crippen LogP contribution is 2.31. The molecule has 6 heteroatoms. The lowest BCUT2D eigenvalue weighted by Gasteiger charge is -2.28. The maximum atomic E-state index is 6.04. The van der Waals surface area contributed by atoms with E-state index in [-0.39, 0.29) is 11.1 Å². The summed E-state index contributed by atoms with van der Waals surface area (Å²) in [4.78, 5) is 10.0. The SMILES string of the molecule is Nc1nc(Cl)c(Cl)c(N2CCCCC2)n1. The number of hydrogen-bond acceptors (Lipinski definition) is 4. The minimum atomic E-state index is 0.171. The third-order valence-corrected chi connectivity index (χ3v) is 3.18. The number of piperidine rings is 1. The van der Waals surface area contributed by atoms with Crippen molar-refractivity contribution in [2.75, 3.05) is 23.7 Å². The van der Waals surface area contributed by atoms with Crippen molar-refractivity contribution >= 4 is 35.0 Å². The maximum Gasteiger partial charge on any atom is 0.223 e. The van der Waals surface area contributed by atoms with Crippen LogP contribution >= 0.6 is 23.2 Å². The van der Waals surface area contributed by atoms with Gasteiger partial charge in [-0.1, -0.05) is 23.2 Å². The Morgan fingerprint density at radius 2 is 1.73 bits per heavy atom. The molecule has 0 aliphatic carbocycles. The van der Waals surface area contributed by atoms with Gasteiger partial charge in [-0.15, -0.1) is 0 Å². The zero-order valence-corrected chi connectivity index (χ0v) is 9.72. The Hall–Kier alpha value is -0.740. The van der Waals surface area contributed by atoms with E-state index in [1.54, 1.807) is 0 Å². The Bertz CT molecular complexity index is 363. The molecule has 0 unspecified atom stereocenters. The summed E-state index contributed by atoms with van der Waals surface area (Å²) >= 11 is 11.9. The van der Waals surface area contributed by atoms with E-state index < -0.39 is 0 Å². The lowest BCUT2D eigenvalue weighted by atomic mass is 10.1. The first-order valence-corrected chi connectivity index (χ1v) is 5.67. The Kier molecular flexibility index (Phi) is 3.17. The van der Waals surface area contributed by atoms with Gasteiger partial charge in [0.15, 0.2) is 11.0 Å². The minimum absolute atomic E-state index is 0.171. The van der Waals surface area contributed by atoms with Crippen LogP contribution in [0.3, 0.4) is 0 Å². The number of anilines is 2. The lowest BCUT2D eigenvalue weighted by Crippen LogP contribution is -2.30. The molecule has 1 saturated heterocycles. The molecule has 2 heterocycles. The average Bonchev–Trinajstić information content (AvgIpc) is 2.24. The minimum Gasteiger partial charge on any atom is -0.368 e. The summed E-state index contributed by atoms with van der Waals surface area (Å²) < 4.78 is 0. The third kappa shape index (κ3) is 2.26. The van der Waals surface area contributed by atoms with E-state index in [0.717, 1.165) is 25.9 Å². The average molecular weight is 247 g/mol. The molecule has 0 atom stereocenters. The normalized spacial score (nSPS) is 16.8. The van der Waals surface area contributed by atoms with Gasteiger partial charge in [0.05, 0.1) is 0 Å². The summed E-state index contributed by atoms with van der Waals surface area (Å²) in [6.45, 7) is 1.90. The van der Waals surface area contributed by atoms with Gasteiger partial charge < -0.3 is 10.6 Å². The zero-order chi connectivity index (χ0) is 10.8. The standard InChI is InChI=1S/C9H12Cl2N4/c10-6-7(11)13-9(12)14-8(6)15-4-2-1-3-5-15/h1-5H2,(H2,12,13,14). The number of nitrogens with two attached hydrogens (primary N) is 1. The Morgan fingerprint density at radius 1 is 1.07 bits per heavy atom. The van der Waals surface area contributed by atoms with Gasteiger partial charge in [0.2, 0.25) is 5.95 Å². The number of nitrogens with zero attached hydrogens (tertiary/aromatic N) is 3. The molecule has 0 aromatic carbocycles. The second kappa shape index (κ2) is 4.41. The van der Waals surface area contributed by atoms with Crippen LogP contribution in [0.1, 0.15) is 19.3 Å². The van der Waals surface area contributed by atoms with Gasteiger partial charge in [-0.2, -0.15) is 9.97 Å². The summed E-state index contributed by atoms with van der Waals surface area (Å²) in [5.74, 6) is 0.832. The molecule has 1 aliphatic heterocycles. The lowest BCUT2D eigenvalue weighted by molar-refractivity contribution is 0.573. The highest BCUT2D eigenvalue weighted by molar-refractivity contribution is 6.42.